The Bertz CT molecular complexity index is 699. The number of hydrogen-bond acceptors (Lipinski definition) is 5. The molecule has 0 aliphatic carbocycles. The summed E-state index contributed by atoms with van der Waals surface area (Å²) in [7, 11) is 0. The Labute approximate surface area is 141 Å². The van der Waals surface area contributed by atoms with Crippen LogP contribution in [0.1, 0.15) is 0 Å². The summed E-state index contributed by atoms with van der Waals surface area (Å²) in [5.41, 5.74) is 0.268. The van der Waals surface area contributed by atoms with E-state index in [4.69, 9.17) is 0 Å². The van der Waals surface area contributed by atoms with Gasteiger partial charge in [0.2, 0.25) is 0 Å². The number of nitrogens with zero attached hydrogens (tertiary/aromatic N) is 2. The van der Waals surface area contributed by atoms with Crippen LogP contribution < -0.4 is 40.2 Å². The molecule has 1 aromatic carbocycles. The van der Waals surface area contributed by atoms with Crippen LogP contribution >= 0.6 is 11.8 Å². The predicted octanol–water partition coefficient (Wildman–Crippen LogP) is -3.48. The molecule has 0 unspecified atom stereocenters. The van der Waals surface area contributed by atoms with Gasteiger partial charge < -0.3 is 15.4 Å². The molecule has 8 heteroatoms. The van der Waals surface area contributed by atoms with E-state index >= 15 is 0 Å². The van der Waals surface area contributed by atoms with E-state index in [0.717, 1.165) is 21.7 Å². The van der Waals surface area contributed by atoms with Gasteiger partial charge in [0, 0.05) is 11.1 Å². The van der Waals surface area contributed by atoms with E-state index in [2.05, 4.69) is 4.98 Å². The third-order valence-corrected chi connectivity index (χ3v) is 3.09. The molecule has 1 aromatic heterocycles. The molecule has 2 aromatic rings. The quantitative estimate of drug-likeness (QED) is 0.332. The monoisotopic (exact) mass is 302 g/mol. The molecule has 0 bridgehead atoms. The summed E-state index contributed by atoms with van der Waals surface area (Å²) in [6.45, 7) is 0. The zero-order valence-corrected chi connectivity index (χ0v) is 13.8. The van der Waals surface area contributed by atoms with Gasteiger partial charge in [0.05, 0.1) is 16.9 Å². The molecular formula is C12H11N2NaO4S. The van der Waals surface area contributed by atoms with Crippen molar-refractivity contribution in [3.63, 3.8) is 0 Å². The second-order valence-corrected chi connectivity index (χ2v) is 4.35. The van der Waals surface area contributed by atoms with Crippen molar-refractivity contribution in [3.8, 4) is 0 Å². The van der Waals surface area contributed by atoms with Crippen molar-refractivity contribution < 1.29 is 44.9 Å². The zero-order chi connectivity index (χ0) is 13.1. The first kappa shape index (κ1) is 18.9. The second kappa shape index (κ2) is 8.23. The van der Waals surface area contributed by atoms with Crippen molar-refractivity contribution in [1.29, 1.82) is 0 Å². The molecule has 0 atom stereocenters. The minimum atomic E-state index is -1.36. The molecule has 2 N–H and O–H groups in total. The molecule has 6 nitrogen and oxygen atoms in total. The number of fused-ring (bicyclic) bond motifs is 1. The Hall–Kier alpha value is -1.12. The van der Waals surface area contributed by atoms with Crippen LogP contribution in [0, 0.1) is 0 Å². The first-order valence-corrected chi connectivity index (χ1v) is 6.28. The van der Waals surface area contributed by atoms with E-state index in [9.17, 15) is 14.7 Å². The third kappa shape index (κ3) is 4.19. The number of carbonyl (C=O) groups is 1. The van der Waals surface area contributed by atoms with Crippen LogP contribution in [0.25, 0.3) is 17.1 Å². The molecule has 100 valence electrons. The Balaban J connectivity index is 0.00000180. The van der Waals surface area contributed by atoms with Crippen LogP contribution in [-0.2, 0) is 4.79 Å². The summed E-state index contributed by atoms with van der Waals surface area (Å²) in [5, 5.41) is 10.8. The summed E-state index contributed by atoms with van der Waals surface area (Å²) in [5.74, 6) is -1.36. The second-order valence-electron chi connectivity index (χ2n) is 3.47. The minimum absolute atomic E-state index is 0. The average Bonchev–Trinajstić information content (AvgIpc) is 2.37. The number of aromatic nitrogens is 2. The van der Waals surface area contributed by atoms with Crippen molar-refractivity contribution in [2.24, 2.45) is 0 Å². The van der Waals surface area contributed by atoms with Gasteiger partial charge >= 0.3 is 29.6 Å². The Morgan fingerprint density at radius 2 is 2.15 bits per heavy atom. The van der Waals surface area contributed by atoms with Gasteiger partial charge in [-0.3, -0.25) is 9.36 Å². The molecule has 1 heterocycles. The van der Waals surface area contributed by atoms with E-state index in [0.29, 0.717) is 10.9 Å². The van der Waals surface area contributed by atoms with Gasteiger partial charge in [-0.15, -0.1) is 11.8 Å². The molecule has 0 saturated carbocycles. The van der Waals surface area contributed by atoms with Crippen LogP contribution in [0.4, 0.5) is 0 Å². The summed E-state index contributed by atoms with van der Waals surface area (Å²) in [4.78, 5) is 27.4. The van der Waals surface area contributed by atoms with Crippen molar-refractivity contribution >= 4 is 34.8 Å². The zero-order valence-electron chi connectivity index (χ0n) is 11.0. The molecule has 0 aliphatic heterocycles. The largest absolute Gasteiger partial charge is 1.00 e. The maximum absolute atomic E-state index is 12.1. The topological polar surface area (TPSA) is 107 Å². The molecule has 2 rings (SSSR count). The van der Waals surface area contributed by atoms with Gasteiger partial charge in [-0.1, -0.05) is 0 Å². The molecule has 20 heavy (non-hydrogen) atoms. The maximum atomic E-state index is 12.1. The predicted molar refractivity (Wildman–Crippen MR) is 71.7 cm³/mol. The maximum Gasteiger partial charge on any atom is 1.00 e. The molecule has 0 spiro atoms. The summed E-state index contributed by atoms with van der Waals surface area (Å²) >= 11 is 1.52. The number of rotatable bonds is 3. The molecule has 0 fully saturated rings. The van der Waals surface area contributed by atoms with Crippen LogP contribution in [0.5, 0.6) is 0 Å². The fraction of sp³-hybridized carbons (Fsp3) is 0.0833. The van der Waals surface area contributed by atoms with Gasteiger partial charge in [0.1, 0.15) is 6.33 Å². The van der Waals surface area contributed by atoms with Crippen molar-refractivity contribution in [1.82, 2.24) is 9.55 Å². The Morgan fingerprint density at radius 1 is 1.45 bits per heavy atom. The van der Waals surface area contributed by atoms with Crippen LogP contribution in [0.3, 0.4) is 0 Å². The van der Waals surface area contributed by atoms with Crippen molar-refractivity contribution in [3.05, 3.63) is 41.0 Å². The third-order valence-electron chi connectivity index (χ3n) is 2.36. The Kier molecular flexibility index (Phi) is 7.77. The average molecular weight is 302 g/mol. The molecule has 0 aliphatic rings. The number of thioether (sulfide) groups is 1. The summed E-state index contributed by atoms with van der Waals surface area (Å²) < 4.78 is 1.11. The van der Waals surface area contributed by atoms with E-state index in [1.807, 2.05) is 12.3 Å². The molecular weight excluding hydrogens is 291 g/mol. The number of hydrogen-bond donors (Lipinski definition) is 0. The van der Waals surface area contributed by atoms with Crippen LogP contribution in [-0.4, -0.2) is 27.3 Å². The summed E-state index contributed by atoms with van der Waals surface area (Å²) in [6.07, 6.45) is 5.10. The normalized spacial score (nSPS) is 10.1. The molecule has 0 radical (unpaired) electrons. The van der Waals surface area contributed by atoms with Crippen LogP contribution in [0.15, 0.2) is 40.3 Å². The number of carboxylic acid groups (broad SMARTS) is 1. The Morgan fingerprint density at radius 3 is 2.75 bits per heavy atom. The molecule has 0 saturated heterocycles. The van der Waals surface area contributed by atoms with Gasteiger partial charge in [0.25, 0.3) is 5.56 Å². The van der Waals surface area contributed by atoms with Gasteiger partial charge in [0.15, 0.2) is 0 Å². The fourth-order valence-corrected chi connectivity index (χ4v) is 1.93. The number of carboxylic acids is 1. The standard InChI is InChI=1S/C12H10N2O3S.Na.H2O/c1-18-8-2-3-10-9(6-8)12(17)14(7-13-10)5-4-11(15)16;;/h2-7H,1H3,(H,15,16);;1H2/q;+1;/p-1/b5-4+;;. The first-order chi connectivity index (χ1) is 8.61. The minimum Gasteiger partial charge on any atom is -0.545 e. The first-order valence-electron chi connectivity index (χ1n) is 5.06. The van der Waals surface area contributed by atoms with Crippen molar-refractivity contribution in [2.45, 2.75) is 4.90 Å². The smallest absolute Gasteiger partial charge is 0.545 e. The van der Waals surface area contributed by atoms with Crippen molar-refractivity contribution in [2.75, 3.05) is 6.26 Å². The van der Waals surface area contributed by atoms with Crippen LogP contribution in [0.2, 0.25) is 0 Å². The number of carbonyl (C=O) groups excluding carboxylic acids is 1. The van der Waals surface area contributed by atoms with Gasteiger partial charge in [-0.05, 0) is 30.5 Å². The van der Waals surface area contributed by atoms with Gasteiger partial charge in [-0.2, -0.15) is 0 Å². The summed E-state index contributed by atoms with van der Waals surface area (Å²) in [6, 6.07) is 5.37. The number of aliphatic carboxylic acids is 1. The van der Waals surface area contributed by atoms with E-state index < -0.39 is 5.97 Å². The van der Waals surface area contributed by atoms with E-state index in [-0.39, 0.29) is 40.6 Å². The fourth-order valence-electron chi connectivity index (χ4n) is 1.49. The molecule has 0 amide bonds. The van der Waals surface area contributed by atoms with E-state index in [1.54, 1.807) is 12.1 Å². The number of benzene rings is 1. The van der Waals surface area contributed by atoms with E-state index in [1.165, 1.54) is 18.1 Å². The SMILES string of the molecule is CSc1ccc2ncn(/C=C/C(=O)[O-])c(=O)c2c1.O.[Na+]. The van der Waals surface area contributed by atoms with Gasteiger partial charge in [-0.25, -0.2) is 4.98 Å².